The summed E-state index contributed by atoms with van der Waals surface area (Å²) >= 11 is 1.61. The lowest BCUT2D eigenvalue weighted by atomic mass is 10.1. The Hall–Kier alpha value is -3.32. The fourth-order valence-corrected chi connectivity index (χ4v) is 3.77. The van der Waals surface area contributed by atoms with Gasteiger partial charge in [0.05, 0.1) is 23.4 Å². The van der Waals surface area contributed by atoms with E-state index in [9.17, 15) is 4.79 Å². The molecule has 1 amide bonds. The molecule has 0 saturated heterocycles. The number of rotatable bonds is 8. The van der Waals surface area contributed by atoms with Gasteiger partial charge in [0.1, 0.15) is 0 Å². The van der Waals surface area contributed by atoms with Crippen molar-refractivity contribution in [2.75, 3.05) is 0 Å². The predicted octanol–water partition coefficient (Wildman–Crippen LogP) is 3.50. The second kappa shape index (κ2) is 9.25. The van der Waals surface area contributed by atoms with Crippen molar-refractivity contribution in [1.82, 2.24) is 25.3 Å². The Morgan fingerprint density at radius 1 is 1.00 bits per heavy atom. The van der Waals surface area contributed by atoms with Gasteiger partial charge in [-0.05, 0) is 17.5 Å². The highest BCUT2D eigenvalue weighted by molar-refractivity contribution is 7.09. The molecule has 0 aliphatic carbocycles. The zero-order valence-electron chi connectivity index (χ0n) is 15.9. The maximum Gasteiger partial charge on any atom is 0.273 e. The van der Waals surface area contributed by atoms with Gasteiger partial charge in [-0.3, -0.25) is 9.48 Å². The Morgan fingerprint density at radius 2 is 1.72 bits per heavy atom. The third-order valence-corrected chi connectivity index (χ3v) is 5.37. The molecule has 0 spiro atoms. The molecule has 0 aliphatic heterocycles. The van der Waals surface area contributed by atoms with Crippen molar-refractivity contribution in [2.24, 2.45) is 0 Å². The maximum absolute atomic E-state index is 12.4. The van der Waals surface area contributed by atoms with Gasteiger partial charge < -0.3 is 5.32 Å². The lowest BCUT2D eigenvalue weighted by Crippen LogP contribution is -2.23. The molecular formula is C22H21N5OS. The smallest absolute Gasteiger partial charge is 0.273 e. The maximum atomic E-state index is 12.4. The Bertz CT molecular complexity index is 1060. The van der Waals surface area contributed by atoms with E-state index in [4.69, 9.17) is 0 Å². The van der Waals surface area contributed by atoms with E-state index in [1.807, 2.05) is 41.8 Å². The fraction of sp³-hybridized carbons (Fsp3) is 0.182. The van der Waals surface area contributed by atoms with Crippen molar-refractivity contribution < 1.29 is 4.79 Å². The van der Waals surface area contributed by atoms with E-state index in [1.165, 1.54) is 11.1 Å². The van der Waals surface area contributed by atoms with E-state index >= 15 is 0 Å². The molecule has 146 valence electrons. The molecule has 29 heavy (non-hydrogen) atoms. The number of nitrogens with zero attached hydrogens (tertiary/aromatic N) is 4. The van der Waals surface area contributed by atoms with Crippen LogP contribution >= 0.6 is 11.3 Å². The monoisotopic (exact) mass is 403 g/mol. The summed E-state index contributed by atoms with van der Waals surface area (Å²) in [5.41, 5.74) is 3.62. The average Bonchev–Trinajstić information content (AvgIpc) is 3.42. The van der Waals surface area contributed by atoms with Crippen molar-refractivity contribution in [2.45, 2.75) is 25.9 Å². The van der Waals surface area contributed by atoms with Crippen LogP contribution in [0.1, 0.15) is 32.3 Å². The highest BCUT2D eigenvalue weighted by atomic mass is 32.1. The molecule has 0 unspecified atom stereocenters. The molecule has 7 heteroatoms. The van der Waals surface area contributed by atoms with Gasteiger partial charge in [0.2, 0.25) is 0 Å². The van der Waals surface area contributed by atoms with Gasteiger partial charge in [-0.15, -0.1) is 16.4 Å². The normalized spacial score (nSPS) is 10.8. The first-order valence-electron chi connectivity index (χ1n) is 9.46. The van der Waals surface area contributed by atoms with Crippen LogP contribution in [0.3, 0.4) is 0 Å². The Morgan fingerprint density at radius 3 is 2.48 bits per heavy atom. The van der Waals surface area contributed by atoms with Crippen molar-refractivity contribution in [3.8, 4) is 0 Å². The van der Waals surface area contributed by atoms with Gasteiger partial charge in [0.15, 0.2) is 5.69 Å². The Kier molecular flexibility index (Phi) is 6.07. The van der Waals surface area contributed by atoms with Crippen molar-refractivity contribution >= 4 is 17.2 Å². The molecule has 2 aromatic carbocycles. The van der Waals surface area contributed by atoms with Crippen LogP contribution < -0.4 is 5.32 Å². The van der Waals surface area contributed by atoms with Crippen LogP contribution in [-0.2, 0) is 25.9 Å². The van der Waals surface area contributed by atoms with E-state index in [0.717, 1.165) is 23.5 Å². The van der Waals surface area contributed by atoms with Crippen molar-refractivity contribution in [3.05, 3.63) is 99.8 Å². The summed E-state index contributed by atoms with van der Waals surface area (Å²) in [5.74, 6) is -0.242. The van der Waals surface area contributed by atoms with E-state index in [2.05, 4.69) is 44.9 Å². The third-order valence-electron chi connectivity index (χ3n) is 4.47. The molecule has 4 aromatic rings. The number of carbonyl (C=O) groups excluding carboxylic acids is 1. The van der Waals surface area contributed by atoms with Gasteiger partial charge in [0.25, 0.3) is 5.91 Å². The van der Waals surface area contributed by atoms with E-state index < -0.39 is 0 Å². The predicted molar refractivity (Wildman–Crippen MR) is 113 cm³/mol. The fourth-order valence-electron chi connectivity index (χ4n) is 2.94. The molecule has 0 fully saturated rings. The molecule has 0 atom stereocenters. The van der Waals surface area contributed by atoms with Gasteiger partial charge in [-0.2, -0.15) is 0 Å². The highest BCUT2D eigenvalue weighted by Gasteiger charge is 2.12. The lowest BCUT2D eigenvalue weighted by molar-refractivity contribution is 0.0945. The number of hydrogen-bond acceptors (Lipinski definition) is 5. The summed E-state index contributed by atoms with van der Waals surface area (Å²) in [7, 11) is 0. The standard InChI is InChI=1S/C22H21N5OS/c28-22(20-15-27(26-25-20)12-11-17-7-3-1-4-8-17)23-14-19-16-29-21(24-19)13-18-9-5-2-6-10-18/h1-10,15-16H,11-14H2,(H,23,28). The number of hydrogen-bond donors (Lipinski definition) is 1. The molecule has 0 saturated carbocycles. The molecule has 2 aromatic heterocycles. The molecular weight excluding hydrogens is 382 g/mol. The molecule has 6 nitrogen and oxygen atoms in total. The second-order valence-electron chi connectivity index (χ2n) is 6.68. The number of thiazole rings is 1. The molecule has 0 aliphatic rings. The summed E-state index contributed by atoms with van der Waals surface area (Å²) in [6, 6.07) is 20.4. The minimum Gasteiger partial charge on any atom is -0.345 e. The lowest BCUT2D eigenvalue weighted by Gasteiger charge is -2.01. The largest absolute Gasteiger partial charge is 0.345 e. The third kappa shape index (κ3) is 5.36. The van der Waals surface area contributed by atoms with Gasteiger partial charge >= 0.3 is 0 Å². The SMILES string of the molecule is O=C(NCc1csc(Cc2ccccc2)n1)c1cn(CCc2ccccc2)nn1. The quantitative estimate of drug-likeness (QED) is 0.489. The molecule has 1 N–H and O–H groups in total. The molecule has 0 radical (unpaired) electrons. The van der Waals surface area contributed by atoms with Crippen LogP contribution in [0.15, 0.2) is 72.2 Å². The second-order valence-corrected chi connectivity index (χ2v) is 7.62. The number of nitrogens with one attached hydrogen (secondary N) is 1. The first kappa shape index (κ1) is 19.0. The average molecular weight is 404 g/mol. The summed E-state index contributed by atoms with van der Waals surface area (Å²) < 4.78 is 1.70. The first-order chi connectivity index (χ1) is 14.3. The van der Waals surface area contributed by atoms with Gasteiger partial charge in [0, 0.05) is 18.3 Å². The minimum atomic E-state index is -0.242. The van der Waals surface area contributed by atoms with E-state index in [1.54, 1.807) is 22.2 Å². The molecule has 0 bridgehead atoms. The Labute approximate surface area is 173 Å². The summed E-state index contributed by atoms with van der Waals surface area (Å²) in [6.07, 6.45) is 3.32. The number of aryl methyl sites for hydroxylation is 2. The number of benzene rings is 2. The van der Waals surface area contributed by atoms with Crippen LogP contribution in [-0.4, -0.2) is 25.9 Å². The van der Waals surface area contributed by atoms with E-state index in [0.29, 0.717) is 18.8 Å². The van der Waals surface area contributed by atoms with Gasteiger partial charge in [-0.25, -0.2) is 4.98 Å². The Balaban J connectivity index is 1.27. The van der Waals surface area contributed by atoms with Crippen molar-refractivity contribution in [3.63, 3.8) is 0 Å². The van der Waals surface area contributed by atoms with Crippen LogP contribution in [0.4, 0.5) is 0 Å². The van der Waals surface area contributed by atoms with E-state index in [-0.39, 0.29) is 5.91 Å². The minimum absolute atomic E-state index is 0.242. The number of amides is 1. The summed E-state index contributed by atoms with van der Waals surface area (Å²) in [6.45, 7) is 1.06. The zero-order chi connectivity index (χ0) is 19.9. The van der Waals surface area contributed by atoms with Gasteiger partial charge in [-0.1, -0.05) is 65.9 Å². The molecule has 4 rings (SSSR count). The number of carbonyl (C=O) groups is 1. The van der Waals surface area contributed by atoms with Crippen LogP contribution in [0.2, 0.25) is 0 Å². The topological polar surface area (TPSA) is 72.7 Å². The number of aromatic nitrogens is 4. The summed E-state index contributed by atoms with van der Waals surface area (Å²) in [4.78, 5) is 17.0. The first-order valence-corrected chi connectivity index (χ1v) is 10.3. The van der Waals surface area contributed by atoms with Crippen LogP contribution in [0.25, 0.3) is 0 Å². The summed E-state index contributed by atoms with van der Waals surface area (Å²) in [5, 5.41) is 13.9. The van der Waals surface area contributed by atoms with Crippen molar-refractivity contribution in [1.29, 1.82) is 0 Å². The highest BCUT2D eigenvalue weighted by Crippen LogP contribution is 2.14. The molecule has 2 heterocycles. The van der Waals surface area contributed by atoms with Crippen LogP contribution in [0, 0.1) is 0 Å². The van der Waals surface area contributed by atoms with Crippen LogP contribution in [0.5, 0.6) is 0 Å². The zero-order valence-corrected chi connectivity index (χ0v) is 16.7.